The zero-order chi connectivity index (χ0) is 22.7. The number of rotatable bonds is 7. The van der Waals surface area contributed by atoms with Crippen LogP contribution in [0.15, 0.2) is 23.1 Å². The number of nitrogens with one attached hydrogen (secondary N) is 2. The van der Waals surface area contributed by atoms with Gasteiger partial charge in [-0.3, -0.25) is 9.59 Å². The van der Waals surface area contributed by atoms with Crippen LogP contribution in [-0.2, 0) is 14.8 Å². The quantitative estimate of drug-likeness (QED) is 0.656. The summed E-state index contributed by atoms with van der Waals surface area (Å²) >= 11 is 0. The highest BCUT2D eigenvalue weighted by Gasteiger charge is 2.37. The highest BCUT2D eigenvalue weighted by atomic mass is 32.2. The molecule has 0 bridgehead atoms. The summed E-state index contributed by atoms with van der Waals surface area (Å²) in [5.41, 5.74) is -0.0181. The molecule has 12 heteroatoms. The minimum Gasteiger partial charge on any atom is -0.495 e. The SMILES string of the molecule is COc1ccc(C(=O)N2CCCC2C(=O)NCC(F)(F)F)cc1S(=O)(=O)NC(C)C. The maximum absolute atomic E-state index is 12.9. The molecule has 8 nitrogen and oxygen atoms in total. The molecule has 1 aliphatic heterocycles. The van der Waals surface area contributed by atoms with Crippen molar-refractivity contribution in [2.45, 2.75) is 49.8 Å². The number of carbonyl (C=O) groups is 2. The van der Waals surface area contributed by atoms with Gasteiger partial charge in [0.25, 0.3) is 5.91 Å². The van der Waals surface area contributed by atoms with Crippen LogP contribution in [0.1, 0.15) is 37.0 Å². The van der Waals surface area contributed by atoms with Crippen LogP contribution in [0.2, 0.25) is 0 Å². The van der Waals surface area contributed by atoms with E-state index >= 15 is 0 Å². The average molecular weight is 451 g/mol. The molecule has 1 heterocycles. The van der Waals surface area contributed by atoms with Gasteiger partial charge >= 0.3 is 6.18 Å². The second kappa shape index (κ2) is 9.21. The van der Waals surface area contributed by atoms with E-state index in [2.05, 4.69) is 4.72 Å². The Morgan fingerprint density at radius 2 is 1.97 bits per heavy atom. The van der Waals surface area contributed by atoms with E-state index in [0.717, 1.165) is 11.0 Å². The van der Waals surface area contributed by atoms with Crippen molar-refractivity contribution in [1.82, 2.24) is 14.9 Å². The Morgan fingerprint density at radius 1 is 1.30 bits per heavy atom. The minimum absolute atomic E-state index is 0.0181. The zero-order valence-corrected chi connectivity index (χ0v) is 17.6. The molecular formula is C18H24F3N3O5S. The Bertz CT molecular complexity index is 903. The molecule has 0 radical (unpaired) electrons. The monoisotopic (exact) mass is 451 g/mol. The third-order valence-electron chi connectivity index (χ3n) is 4.37. The molecule has 1 unspecified atom stereocenters. The standard InChI is InChI=1S/C18H24F3N3O5S/c1-11(2)23-30(27,28)15-9-12(6-7-14(15)29-3)17(26)24-8-4-5-13(24)16(25)22-10-18(19,20)21/h6-7,9,11,13,23H,4-5,8,10H2,1-3H3,(H,22,25). The molecular weight excluding hydrogens is 427 g/mol. The van der Waals surface area contributed by atoms with Crippen LogP contribution in [0, 0.1) is 0 Å². The van der Waals surface area contributed by atoms with Gasteiger partial charge in [0, 0.05) is 18.2 Å². The zero-order valence-electron chi connectivity index (χ0n) is 16.7. The molecule has 30 heavy (non-hydrogen) atoms. The van der Waals surface area contributed by atoms with E-state index in [1.165, 1.54) is 19.2 Å². The molecule has 2 rings (SSSR count). The lowest BCUT2D eigenvalue weighted by Crippen LogP contribution is -2.48. The van der Waals surface area contributed by atoms with E-state index < -0.39 is 46.6 Å². The summed E-state index contributed by atoms with van der Waals surface area (Å²) in [6.07, 6.45) is -3.91. The molecule has 1 atom stereocenters. The molecule has 1 aromatic rings. The van der Waals surface area contributed by atoms with Crippen LogP contribution in [-0.4, -0.2) is 63.6 Å². The van der Waals surface area contributed by atoms with Crippen LogP contribution >= 0.6 is 0 Å². The van der Waals surface area contributed by atoms with Crippen LogP contribution < -0.4 is 14.8 Å². The van der Waals surface area contributed by atoms with Crippen LogP contribution in [0.3, 0.4) is 0 Å². The summed E-state index contributed by atoms with van der Waals surface area (Å²) in [5.74, 6) is -1.52. The molecule has 0 spiro atoms. The molecule has 2 N–H and O–H groups in total. The Labute approximate surface area is 172 Å². The van der Waals surface area contributed by atoms with E-state index in [1.54, 1.807) is 19.2 Å². The lowest BCUT2D eigenvalue weighted by molar-refractivity contribution is -0.140. The van der Waals surface area contributed by atoms with Crippen molar-refractivity contribution in [3.05, 3.63) is 23.8 Å². The molecule has 1 aliphatic rings. The second-order valence-electron chi connectivity index (χ2n) is 7.13. The van der Waals surface area contributed by atoms with Gasteiger partial charge in [-0.2, -0.15) is 13.2 Å². The number of likely N-dealkylation sites (tertiary alicyclic amines) is 1. The van der Waals surface area contributed by atoms with Crippen LogP contribution in [0.5, 0.6) is 5.75 Å². The maximum atomic E-state index is 12.9. The van der Waals surface area contributed by atoms with Crippen molar-refractivity contribution >= 4 is 21.8 Å². The fraction of sp³-hybridized carbons (Fsp3) is 0.556. The van der Waals surface area contributed by atoms with Crippen molar-refractivity contribution in [2.24, 2.45) is 0 Å². The fourth-order valence-corrected chi connectivity index (χ4v) is 4.59. The second-order valence-corrected chi connectivity index (χ2v) is 8.81. The predicted molar refractivity (Wildman–Crippen MR) is 102 cm³/mol. The predicted octanol–water partition coefficient (Wildman–Crippen LogP) is 1.66. The van der Waals surface area contributed by atoms with Gasteiger partial charge in [0.15, 0.2) is 0 Å². The van der Waals surface area contributed by atoms with Gasteiger partial charge in [-0.1, -0.05) is 0 Å². The first-order chi connectivity index (χ1) is 13.9. The summed E-state index contributed by atoms with van der Waals surface area (Å²) < 4.78 is 69.8. The summed E-state index contributed by atoms with van der Waals surface area (Å²) in [6.45, 7) is 1.94. The number of nitrogens with zero attached hydrogens (tertiary/aromatic N) is 1. The number of halogens is 3. The first-order valence-corrected chi connectivity index (χ1v) is 10.7. The van der Waals surface area contributed by atoms with E-state index in [-0.39, 0.29) is 29.2 Å². The van der Waals surface area contributed by atoms with Gasteiger partial charge < -0.3 is 15.0 Å². The van der Waals surface area contributed by atoms with Gasteiger partial charge in [-0.05, 0) is 44.9 Å². The molecule has 1 aromatic carbocycles. The van der Waals surface area contributed by atoms with Crippen molar-refractivity contribution in [3.8, 4) is 5.75 Å². The average Bonchev–Trinajstić information content (AvgIpc) is 3.13. The lowest BCUT2D eigenvalue weighted by atomic mass is 10.1. The summed E-state index contributed by atoms with van der Waals surface area (Å²) in [4.78, 5) is 26.0. The van der Waals surface area contributed by atoms with Gasteiger partial charge in [0.05, 0.1) is 7.11 Å². The molecule has 1 saturated heterocycles. The number of alkyl halides is 3. The van der Waals surface area contributed by atoms with E-state index in [0.29, 0.717) is 6.42 Å². The number of amides is 2. The summed E-state index contributed by atoms with van der Waals surface area (Å²) in [6, 6.07) is 2.33. The highest BCUT2D eigenvalue weighted by Crippen LogP contribution is 2.27. The Kier molecular flexibility index (Phi) is 7.35. The van der Waals surface area contributed by atoms with E-state index in [1.807, 2.05) is 0 Å². The largest absolute Gasteiger partial charge is 0.495 e. The fourth-order valence-electron chi connectivity index (χ4n) is 3.15. The van der Waals surface area contributed by atoms with Crippen molar-refractivity contribution < 1.29 is 35.9 Å². The number of benzene rings is 1. The van der Waals surface area contributed by atoms with Crippen LogP contribution in [0.4, 0.5) is 13.2 Å². The number of carbonyl (C=O) groups excluding carboxylic acids is 2. The number of ether oxygens (including phenoxy) is 1. The van der Waals surface area contributed by atoms with E-state index in [4.69, 9.17) is 4.74 Å². The lowest BCUT2D eigenvalue weighted by Gasteiger charge is -2.24. The van der Waals surface area contributed by atoms with Gasteiger partial charge in [0.2, 0.25) is 15.9 Å². The smallest absolute Gasteiger partial charge is 0.405 e. The molecule has 0 aromatic heterocycles. The first kappa shape index (κ1) is 23.9. The molecule has 168 valence electrons. The third-order valence-corrected chi connectivity index (χ3v) is 6.05. The number of sulfonamides is 1. The first-order valence-electron chi connectivity index (χ1n) is 9.21. The summed E-state index contributed by atoms with van der Waals surface area (Å²) in [7, 11) is -2.70. The molecule has 0 aliphatic carbocycles. The topological polar surface area (TPSA) is 105 Å². The highest BCUT2D eigenvalue weighted by molar-refractivity contribution is 7.89. The van der Waals surface area contributed by atoms with Gasteiger partial charge in [0.1, 0.15) is 23.2 Å². The maximum Gasteiger partial charge on any atom is 0.405 e. The minimum atomic E-state index is -4.56. The number of methoxy groups -OCH3 is 1. The van der Waals surface area contributed by atoms with E-state index in [9.17, 15) is 31.2 Å². The molecule has 0 saturated carbocycles. The van der Waals surface area contributed by atoms with Gasteiger partial charge in [-0.25, -0.2) is 13.1 Å². The normalized spacial score (nSPS) is 17.3. The summed E-state index contributed by atoms with van der Waals surface area (Å²) in [5, 5.41) is 1.79. The Morgan fingerprint density at radius 3 is 2.53 bits per heavy atom. The Hall–Kier alpha value is -2.34. The Balaban J connectivity index is 2.29. The van der Waals surface area contributed by atoms with Crippen LogP contribution in [0.25, 0.3) is 0 Å². The van der Waals surface area contributed by atoms with Crippen molar-refractivity contribution in [1.29, 1.82) is 0 Å². The van der Waals surface area contributed by atoms with Crippen molar-refractivity contribution in [2.75, 3.05) is 20.2 Å². The molecule has 1 fully saturated rings. The number of hydrogen-bond donors (Lipinski definition) is 2. The van der Waals surface area contributed by atoms with Crippen molar-refractivity contribution in [3.63, 3.8) is 0 Å². The third kappa shape index (κ3) is 5.85. The number of hydrogen-bond acceptors (Lipinski definition) is 5. The molecule has 2 amide bonds. The van der Waals surface area contributed by atoms with Gasteiger partial charge in [-0.15, -0.1) is 0 Å².